The molecule has 0 aliphatic carbocycles. The monoisotopic (exact) mass is 692 g/mol. The van der Waals surface area contributed by atoms with Crippen LogP contribution in [-0.2, 0) is 33.3 Å². The molecule has 19 nitrogen and oxygen atoms in total. The quantitative estimate of drug-likeness (QED) is 0.0980. The van der Waals surface area contributed by atoms with Crippen molar-refractivity contribution in [3.05, 3.63) is 24.3 Å². The first-order valence-corrected chi connectivity index (χ1v) is 15.2. The van der Waals surface area contributed by atoms with Gasteiger partial charge in [-0.15, -0.1) is 0 Å². The van der Waals surface area contributed by atoms with Gasteiger partial charge in [-0.3, -0.25) is 9.59 Å². The van der Waals surface area contributed by atoms with Crippen LogP contribution >= 0.6 is 0 Å². The Balaban J connectivity index is 1.58. The molecule has 0 saturated carbocycles. The Labute approximate surface area is 274 Å². The van der Waals surface area contributed by atoms with E-state index in [-0.39, 0.29) is 5.75 Å². The maximum Gasteiger partial charge on any atom is 0.229 e. The van der Waals surface area contributed by atoms with E-state index < -0.39 is 124 Å². The van der Waals surface area contributed by atoms with E-state index in [2.05, 4.69) is 10.6 Å². The first kappa shape index (κ1) is 38.0. The summed E-state index contributed by atoms with van der Waals surface area (Å²) in [5.41, 5.74) is 0. The fraction of sp³-hybridized carbons (Fsp3) is 0.724. The number of amides is 2. The molecule has 1 aromatic carbocycles. The highest BCUT2D eigenvalue weighted by Gasteiger charge is 2.53. The summed E-state index contributed by atoms with van der Waals surface area (Å²) in [5.74, 6) is -0.536. The molecule has 48 heavy (non-hydrogen) atoms. The van der Waals surface area contributed by atoms with Gasteiger partial charge in [0.25, 0.3) is 0 Å². The highest BCUT2D eigenvalue weighted by atomic mass is 16.8. The van der Waals surface area contributed by atoms with Gasteiger partial charge in [0.1, 0.15) is 78.5 Å². The molecule has 19 heteroatoms. The lowest BCUT2D eigenvalue weighted by Crippen LogP contribution is -2.68. The van der Waals surface area contributed by atoms with Crippen LogP contribution in [0.1, 0.15) is 13.8 Å². The van der Waals surface area contributed by atoms with Gasteiger partial charge >= 0.3 is 0 Å². The zero-order valence-electron chi connectivity index (χ0n) is 26.3. The van der Waals surface area contributed by atoms with Crippen LogP contribution in [0.25, 0.3) is 0 Å². The van der Waals surface area contributed by atoms with Crippen molar-refractivity contribution in [1.82, 2.24) is 10.6 Å². The number of ether oxygens (including phenoxy) is 7. The van der Waals surface area contributed by atoms with Crippen LogP contribution in [0.15, 0.2) is 24.3 Å². The van der Waals surface area contributed by atoms with Gasteiger partial charge in [-0.05, 0) is 24.3 Å². The molecule has 15 atom stereocenters. The van der Waals surface area contributed by atoms with Gasteiger partial charge < -0.3 is 84.6 Å². The largest absolute Gasteiger partial charge is 0.497 e. The van der Waals surface area contributed by atoms with Crippen molar-refractivity contribution in [3.63, 3.8) is 0 Å². The first-order valence-electron chi connectivity index (χ1n) is 15.2. The van der Waals surface area contributed by atoms with Gasteiger partial charge in [-0.1, -0.05) is 0 Å². The summed E-state index contributed by atoms with van der Waals surface area (Å²) >= 11 is 0. The molecule has 3 aliphatic rings. The van der Waals surface area contributed by atoms with Gasteiger partial charge in [0.15, 0.2) is 18.7 Å². The number of carbonyl (C=O) groups excluding carboxylic acids is 2. The van der Waals surface area contributed by atoms with Crippen molar-refractivity contribution in [2.24, 2.45) is 0 Å². The van der Waals surface area contributed by atoms with Crippen LogP contribution in [0.2, 0.25) is 0 Å². The van der Waals surface area contributed by atoms with Crippen LogP contribution in [-0.4, -0.2) is 172 Å². The number of hydrogen-bond donors (Lipinski definition) is 10. The molecular formula is C29H44N2O17. The minimum Gasteiger partial charge on any atom is -0.497 e. The summed E-state index contributed by atoms with van der Waals surface area (Å²) in [4.78, 5) is 23.7. The van der Waals surface area contributed by atoms with Gasteiger partial charge in [-0.25, -0.2) is 0 Å². The van der Waals surface area contributed by atoms with Crippen LogP contribution in [0.5, 0.6) is 11.5 Å². The third-order valence-corrected chi connectivity index (χ3v) is 8.17. The molecule has 1 aromatic rings. The van der Waals surface area contributed by atoms with Crippen molar-refractivity contribution in [3.8, 4) is 11.5 Å². The zero-order chi connectivity index (χ0) is 35.3. The molecular weight excluding hydrogens is 648 g/mol. The normalized spacial score (nSPS) is 40.1. The van der Waals surface area contributed by atoms with Crippen LogP contribution in [0.3, 0.4) is 0 Å². The van der Waals surface area contributed by atoms with E-state index in [1.165, 1.54) is 19.2 Å². The number of nitrogens with one attached hydrogen (secondary N) is 2. The Morgan fingerprint density at radius 3 is 1.62 bits per heavy atom. The standard InChI is InChI=1S/C29H44N2O17/c1-11(34)30-18-23(39)20(36)15(8-32)45-27(18)43-10-17-22(38)25(41)26(29(47-17)44-14-6-4-13(42-3)5-7-14)48-28-19(31-12(2)35)24(40)21(37)16(9-33)46-28/h4-7,15-29,32-33,36-41H,8-10H2,1-3H3,(H,30,34)(H,31,35)/t15?,16?,17?,18?,19?,20-,21-,22-,23?,24?,25?,26?,27-,28+,29+/m1/s1. The number of rotatable bonds is 12. The molecule has 3 aliphatic heterocycles. The fourth-order valence-corrected chi connectivity index (χ4v) is 5.62. The highest BCUT2D eigenvalue weighted by Crippen LogP contribution is 2.32. The van der Waals surface area contributed by atoms with E-state index in [1.54, 1.807) is 12.1 Å². The van der Waals surface area contributed by atoms with Crippen LogP contribution in [0.4, 0.5) is 0 Å². The molecule has 0 aromatic heterocycles. The Bertz CT molecular complexity index is 1190. The van der Waals surface area contributed by atoms with E-state index in [4.69, 9.17) is 33.2 Å². The Morgan fingerprint density at radius 2 is 1.12 bits per heavy atom. The van der Waals surface area contributed by atoms with E-state index in [1.807, 2.05) is 0 Å². The topological polar surface area (TPSA) is 285 Å². The summed E-state index contributed by atoms with van der Waals surface area (Å²) in [5, 5.41) is 88.6. The molecule has 0 spiro atoms. The molecule has 272 valence electrons. The smallest absolute Gasteiger partial charge is 0.229 e. The number of carbonyl (C=O) groups is 2. The second kappa shape index (κ2) is 16.8. The average Bonchev–Trinajstić information content (AvgIpc) is 3.06. The van der Waals surface area contributed by atoms with Crippen LogP contribution < -0.4 is 20.1 Å². The number of methoxy groups -OCH3 is 1. The maximum atomic E-state index is 11.9. The molecule has 10 N–H and O–H groups in total. The van der Waals surface area contributed by atoms with E-state index in [0.29, 0.717) is 5.75 Å². The van der Waals surface area contributed by atoms with E-state index >= 15 is 0 Å². The molecule has 2 amide bonds. The van der Waals surface area contributed by atoms with Gasteiger partial charge in [0.2, 0.25) is 18.1 Å². The lowest BCUT2D eigenvalue weighted by molar-refractivity contribution is -0.348. The SMILES string of the molecule is COc1ccc(O[C@H]2OC(CO[C@@H]3OC(CO)[C@@H](O)C(O)C3NC(C)=O)[C@@H](O)C(O)C2O[C@@H]2OC(CO)[C@@H](O)C(O)C2NC(C)=O)cc1. The lowest BCUT2D eigenvalue weighted by Gasteiger charge is -2.47. The van der Waals surface area contributed by atoms with Gasteiger partial charge in [-0.2, -0.15) is 0 Å². The van der Waals surface area contributed by atoms with Gasteiger partial charge in [0.05, 0.1) is 26.9 Å². The van der Waals surface area contributed by atoms with Crippen molar-refractivity contribution in [2.45, 2.75) is 106 Å². The second-order valence-corrected chi connectivity index (χ2v) is 11.6. The summed E-state index contributed by atoms with van der Waals surface area (Å²) in [6.45, 7) is 0.310. The number of hydrogen-bond acceptors (Lipinski definition) is 17. The van der Waals surface area contributed by atoms with E-state index in [9.17, 15) is 50.4 Å². The minimum absolute atomic E-state index is 0.188. The average molecular weight is 693 g/mol. The Morgan fingerprint density at radius 1 is 0.667 bits per heavy atom. The molecule has 3 heterocycles. The summed E-state index contributed by atoms with van der Waals surface area (Å²) in [6, 6.07) is 3.46. The molecule has 9 unspecified atom stereocenters. The predicted octanol–water partition coefficient (Wildman–Crippen LogP) is -5.19. The molecule has 4 rings (SSSR count). The van der Waals surface area contributed by atoms with Gasteiger partial charge in [0, 0.05) is 13.8 Å². The molecule has 0 bridgehead atoms. The zero-order valence-corrected chi connectivity index (χ0v) is 26.3. The lowest BCUT2D eigenvalue weighted by atomic mass is 9.95. The van der Waals surface area contributed by atoms with Crippen LogP contribution in [0, 0.1) is 0 Å². The van der Waals surface area contributed by atoms with Crippen molar-refractivity contribution >= 4 is 11.8 Å². The molecule has 0 radical (unpaired) electrons. The summed E-state index contributed by atoms with van der Waals surface area (Å²) < 4.78 is 40.0. The summed E-state index contributed by atoms with van der Waals surface area (Å²) in [6.07, 6.45) is -20.3. The fourth-order valence-electron chi connectivity index (χ4n) is 5.62. The third kappa shape index (κ3) is 8.69. The Kier molecular flexibility index (Phi) is 13.3. The first-order chi connectivity index (χ1) is 22.8. The maximum absolute atomic E-state index is 11.9. The predicted molar refractivity (Wildman–Crippen MR) is 156 cm³/mol. The molecule has 3 fully saturated rings. The van der Waals surface area contributed by atoms with E-state index in [0.717, 1.165) is 13.8 Å². The number of aliphatic hydroxyl groups is 8. The highest BCUT2D eigenvalue weighted by molar-refractivity contribution is 5.73. The number of aliphatic hydroxyl groups excluding tert-OH is 8. The van der Waals surface area contributed by atoms with Crippen molar-refractivity contribution in [1.29, 1.82) is 0 Å². The Hall–Kier alpha value is -2.76. The van der Waals surface area contributed by atoms with Crippen molar-refractivity contribution < 1.29 is 83.6 Å². The second-order valence-electron chi connectivity index (χ2n) is 11.6. The minimum atomic E-state index is -1.83. The van der Waals surface area contributed by atoms with Crippen molar-refractivity contribution in [2.75, 3.05) is 26.9 Å². The number of benzene rings is 1. The summed E-state index contributed by atoms with van der Waals surface area (Å²) in [7, 11) is 1.46. The molecule has 3 saturated heterocycles. The third-order valence-electron chi connectivity index (χ3n) is 8.17.